The van der Waals surface area contributed by atoms with Crippen LogP contribution < -0.4 is 5.32 Å². The zero-order valence-corrected chi connectivity index (χ0v) is 11.1. The van der Waals surface area contributed by atoms with Crippen molar-refractivity contribution >= 4 is 0 Å². The Morgan fingerprint density at radius 3 is 2.56 bits per heavy atom. The van der Waals surface area contributed by atoms with E-state index >= 15 is 0 Å². The highest BCUT2D eigenvalue weighted by Crippen LogP contribution is 2.29. The quantitative estimate of drug-likeness (QED) is 0.669. The van der Waals surface area contributed by atoms with Crippen LogP contribution in [-0.2, 0) is 0 Å². The summed E-state index contributed by atoms with van der Waals surface area (Å²) in [6.07, 6.45) is 7.62. The van der Waals surface area contributed by atoms with Crippen LogP contribution in [0.15, 0.2) is 0 Å². The summed E-state index contributed by atoms with van der Waals surface area (Å²) in [6.45, 7) is 7.47. The van der Waals surface area contributed by atoms with Gasteiger partial charge in [-0.15, -0.1) is 0 Å². The summed E-state index contributed by atoms with van der Waals surface area (Å²) in [4.78, 5) is 0. The van der Waals surface area contributed by atoms with Crippen molar-refractivity contribution in [2.45, 2.75) is 65.3 Å². The van der Waals surface area contributed by atoms with Crippen LogP contribution in [-0.4, -0.2) is 12.6 Å². The monoisotopic (exact) mass is 222 g/mol. The fourth-order valence-electron chi connectivity index (χ4n) is 2.18. The van der Waals surface area contributed by atoms with Crippen LogP contribution in [0.4, 0.5) is 0 Å². The molecule has 16 heavy (non-hydrogen) atoms. The van der Waals surface area contributed by atoms with Crippen LogP contribution in [0.1, 0.15) is 59.3 Å². The molecule has 1 rings (SSSR count). The van der Waals surface area contributed by atoms with Crippen LogP contribution >= 0.6 is 0 Å². The molecule has 1 saturated carbocycles. The molecule has 0 saturated heterocycles. The third-order valence-electron chi connectivity index (χ3n) is 3.85. The molecule has 0 bridgehead atoms. The first-order valence-corrected chi connectivity index (χ1v) is 6.70. The molecule has 1 N–H and O–H groups in total. The van der Waals surface area contributed by atoms with Crippen molar-refractivity contribution in [3.05, 3.63) is 0 Å². The highest BCUT2D eigenvalue weighted by molar-refractivity contribution is 4.91. The number of nitrogens with one attached hydrogen (secondary N) is 1. The van der Waals surface area contributed by atoms with Crippen molar-refractivity contribution in [3.63, 3.8) is 0 Å². The van der Waals surface area contributed by atoms with Gasteiger partial charge in [0.25, 0.3) is 0 Å². The Kier molecular flexibility index (Phi) is 5.28. The standard InChI is InChI=1S/C14H26N2/c1-12(13-7-6-8-13)16-10-5-4-9-14(2,3)11-15/h12-13,16H,4-10H2,1-3H3. The molecule has 0 radical (unpaired) electrons. The van der Waals surface area contributed by atoms with E-state index in [0.717, 1.165) is 25.3 Å². The predicted molar refractivity (Wildman–Crippen MR) is 68.1 cm³/mol. The fraction of sp³-hybridized carbons (Fsp3) is 0.929. The lowest BCUT2D eigenvalue weighted by molar-refractivity contribution is 0.240. The Bertz CT molecular complexity index is 236. The van der Waals surface area contributed by atoms with E-state index in [-0.39, 0.29) is 5.41 Å². The lowest BCUT2D eigenvalue weighted by Gasteiger charge is -2.32. The molecule has 0 aromatic heterocycles. The molecule has 1 fully saturated rings. The van der Waals surface area contributed by atoms with Crippen molar-refractivity contribution in [2.75, 3.05) is 6.54 Å². The molecule has 1 unspecified atom stereocenters. The van der Waals surface area contributed by atoms with E-state index in [2.05, 4.69) is 18.3 Å². The molecule has 1 aliphatic rings. The topological polar surface area (TPSA) is 35.8 Å². The average Bonchev–Trinajstić information content (AvgIpc) is 2.14. The van der Waals surface area contributed by atoms with Crippen LogP contribution in [0.3, 0.4) is 0 Å². The second-order valence-electron chi connectivity index (χ2n) is 5.89. The second-order valence-corrected chi connectivity index (χ2v) is 5.89. The maximum absolute atomic E-state index is 8.89. The summed E-state index contributed by atoms with van der Waals surface area (Å²) in [7, 11) is 0. The molecule has 0 spiro atoms. The SMILES string of the molecule is CC(NCCCCC(C)(C)C#N)C1CCC1. The Morgan fingerprint density at radius 2 is 2.06 bits per heavy atom. The Morgan fingerprint density at radius 1 is 1.38 bits per heavy atom. The number of rotatable bonds is 7. The van der Waals surface area contributed by atoms with Gasteiger partial charge in [0.05, 0.1) is 11.5 Å². The average molecular weight is 222 g/mol. The minimum Gasteiger partial charge on any atom is -0.314 e. The summed E-state index contributed by atoms with van der Waals surface area (Å²) >= 11 is 0. The molecule has 0 aromatic rings. The van der Waals surface area contributed by atoms with Gasteiger partial charge >= 0.3 is 0 Å². The third kappa shape index (κ3) is 4.53. The van der Waals surface area contributed by atoms with Gasteiger partial charge in [-0.2, -0.15) is 5.26 Å². The minimum atomic E-state index is -0.139. The van der Waals surface area contributed by atoms with E-state index in [4.69, 9.17) is 5.26 Å². The molecule has 0 amide bonds. The first kappa shape index (κ1) is 13.5. The van der Waals surface area contributed by atoms with E-state index in [1.54, 1.807) is 0 Å². The van der Waals surface area contributed by atoms with Gasteiger partial charge in [0.1, 0.15) is 0 Å². The molecule has 92 valence electrons. The first-order chi connectivity index (χ1) is 7.55. The van der Waals surface area contributed by atoms with Crippen molar-refractivity contribution in [2.24, 2.45) is 11.3 Å². The Balaban J connectivity index is 1.97. The van der Waals surface area contributed by atoms with E-state index in [9.17, 15) is 0 Å². The van der Waals surface area contributed by atoms with E-state index in [1.165, 1.54) is 25.7 Å². The Labute approximate surface area is 100 Å². The van der Waals surface area contributed by atoms with Gasteiger partial charge in [0.2, 0.25) is 0 Å². The van der Waals surface area contributed by atoms with Gasteiger partial charge in [-0.25, -0.2) is 0 Å². The zero-order valence-electron chi connectivity index (χ0n) is 11.1. The van der Waals surface area contributed by atoms with E-state index in [0.29, 0.717) is 6.04 Å². The van der Waals surface area contributed by atoms with Gasteiger partial charge in [0.15, 0.2) is 0 Å². The van der Waals surface area contributed by atoms with Gasteiger partial charge in [-0.05, 0) is 58.9 Å². The van der Waals surface area contributed by atoms with Crippen molar-refractivity contribution in [3.8, 4) is 6.07 Å². The lowest BCUT2D eigenvalue weighted by atomic mass is 9.80. The summed E-state index contributed by atoms with van der Waals surface area (Å²) < 4.78 is 0. The minimum absolute atomic E-state index is 0.139. The first-order valence-electron chi connectivity index (χ1n) is 6.70. The van der Waals surface area contributed by atoms with E-state index in [1.807, 2.05) is 13.8 Å². The highest BCUT2D eigenvalue weighted by Gasteiger charge is 2.23. The van der Waals surface area contributed by atoms with Gasteiger partial charge in [-0.1, -0.05) is 12.8 Å². The molecule has 0 heterocycles. The molecule has 0 aliphatic heterocycles. The molecule has 1 aliphatic carbocycles. The predicted octanol–water partition coefficient (Wildman–Crippen LogP) is 3.48. The van der Waals surface area contributed by atoms with Crippen molar-refractivity contribution < 1.29 is 0 Å². The number of hydrogen-bond donors (Lipinski definition) is 1. The zero-order chi connectivity index (χ0) is 12.0. The van der Waals surface area contributed by atoms with Gasteiger partial charge in [-0.3, -0.25) is 0 Å². The number of unbranched alkanes of at least 4 members (excludes halogenated alkanes) is 1. The fourth-order valence-corrected chi connectivity index (χ4v) is 2.18. The molecule has 2 heteroatoms. The number of nitrogens with zero attached hydrogens (tertiary/aromatic N) is 1. The summed E-state index contributed by atoms with van der Waals surface area (Å²) in [6, 6.07) is 3.05. The molecule has 1 atom stereocenters. The van der Waals surface area contributed by atoms with Crippen LogP contribution in [0, 0.1) is 22.7 Å². The molecule has 2 nitrogen and oxygen atoms in total. The summed E-state index contributed by atoms with van der Waals surface area (Å²) in [5, 5.41) is 12.5. The maximum Gasteiger partial charge on any atom is 0.0683 e. The number of nitriles is 1. The summed E-state index contributed by atoms with van der Waals surface area (Å²) in [5.41, 5.74) is -0.139. The normalized spacial score (nSPS) is 18.9. The molecular formula is C14H26N2. The smallest absolute Gasteiger partial charge is 0.0683 e. The molecule has 0 aromatic carbocycles. The van der Waals surface area contributed by atoms with Crippen molar-refractivity contribution in [1.82, 2.24) is 5.32 Å². The maximum atomic E-state index is 8.89. The summed E-state index contributed by atoms with van der Waals surface area (Å²) in [5.74, 6) is 0.926. The van der Waals surface area contributed by atoms with Crippen LogP contribution in [0.25, 0.3) is 0 Å². The molecular weight excluding hydrogens is 196 g/mol. The number of hydrogen-bond acceptors (Lipinski definition) is 2. The second kappa shape index (κ2) is 6.25. The largest absolute Gasteiger partial charge is 0.314 e. The van der Waals surface area contributed by atoms with Crippen molar-refractivity contribution in [1.29, 1.82) is 5.26 Å². The Hall–Kier alpha value is -0.550. The lowest BCUT2D eigenvalue weighted by Crippen LogP contribution is -2.37. The van der Waals surface area contributed by atoms with E-state index < -0.39 is 0 Å². The van der Waals surface area contributed by atoms with Gasteiger partial charge in [0, 0.05) is 6.04 Å². The van der Waals surface area contributed by atoms with Crippen LogP contribution in [0.2, 0.25) is 0 Å². The third-order valence-corrected chi connectivity index (χ3v) is 3.85. The highest BCUT2D eigenvalue weighted by atomic mass is 14.9. The van der Waals surface area contributed by atoms with Gasteiger partial charge < -0.3 is 5.32 Å². The van der Waals surface area contributed by atoms with Crippen LogP contribution in [0.5, 0.6) is 0 Å².